The van der Waals surface area contributed by atoms with Gasteiger partial charge in [-0.1, -0.05) is 28.8 Å². The Morgan fingerprint density at radius 2 is 2.06 bits per heavy atom. The van der Waals surface area contributed by atoms with Gasteiger partial charge in [0.15, 0.2) is 0 Å². The Morgan fingerprint density at radius 3 is 2.78 bits per heavy atom. The van der Waals surface area contributed by atoms with Crippen LogP contribution in [0.2, 0.25) is 0 Å². The molecule has 3 nitrogen and oxygen atoms in total. The topological polar surface area (TPSA) is 32.3 Å². The fraction of sp³-hybridized carbons (Fsp3) is 0.500. The summed E-state index contributed by atoms with van der Waals surface area (Å²) in [5.41, 5.74) is 2.09. The molecular formula is C14H17BrN2O. The minimum Gasteiger partial charge on any atom is -0.355 e. The summed E-state index contributed by atoms with van der Waals surface area (Å²) >= 11 is 3.52. The highest BCUT2D eigenvalue weighted by Gasteiger charge is 2.35. The molecule has 0 bridgehead atoms. The minimum absolute atomic E-state index is 0.0742. The van der Waals surface area contributed by atoms with Gasteiger partial charge < -0.3 is 10.2 Å². The first-order valence-electron chi connectivity index (χ1n) is 6.55. The Kier molecular flexibility index (Phi) is 3.06. The number of benzene rings is 1. The number of carbonyl (C=O) groups is 1. The molecule has 0 spiro atoms. The van der Waals surface area contributed by atoms with Crippen LogP contribution in [0.1, 0.15) is 32.6 Å². The lowest BCUT2D eigenvalue weighted by Crippen LogP contribution is -2.50. The first kappa shape index (κ1) is 12.0. The van der Waals surface area contributed by atoms with E-state index in [-0.39, 0.29) is 11.9 Å². The second kappa shape index (κ2) is 4.57. The van der Waals surface area contributed by atoms with Crippen molar-refractivity contribution in [2.45, 2.75) is 44.7 Å². The van der Waals surface area contributed by atoms with E-state index in [2.05, 4.69) is 32.2 Å². The van der Waals surface area contributed by atoms with Crippen LogP contribution in [0.25, 0.3) is 0 Å². The van der Waals surface area contributed by atoms with Crippen molar-refractivity contribution < 1.29 is 4.79 Å². The normalized spacial score (nSPS) is 24.0. The fourth-order valence-corrected chi connectivity index (χ4v) is 3.44. The molecule has 4 heteroatoms. The summed E-state index contributed by atoms with van der Waals surface area (Å²) in [5, 5.41) is 2.99. The molecule has 2 aliphatic rings. The Labute approximate surface area is 116 Å². The predicted octanol–water partition coefficient (Wildman–Crippen LogP) is 3.54. The van der Waals surface area contributed by atoms with Crippen molar-refractivity contribution in [2.24, 2.45) is 0 Å². The Morgan fingerprint density at radius 1 is 1.33 bits per heavy atom. The van der Waals surface area contributed by atoms with E-state index >= 15 is 0 Å². The molecule has 1 aromatic carbocycles. The zero-order valence-electron chi connectivity index (χ0n) is 10.4. The monoisotopic (exact) mass is 308 g/mol. The lowest BCUT2D eigenvalue weighted by Gasteiger charge is -2.40. The van der Waals surface area contributed by atoms with Gasteiger partial charge in [0.25, 0.3) is 0 Å². The predicted molar refractivity (Wildman–Crippen MR) is 77.0 cm³/mol. The molecule has 1 aliphatic carbocycles. The van der Waals surface area contributed by atoms with E-state index in [9.17, 15) is 4.79 Å². The van der Waals surface area contributed by atoms with Gasteiger partial charge in [-0.25, -0.2) is 0 Å². The summed E-state index contributed by atoms with van der Waals surface area (Å²) in [6, 6.07) is 6.51. The van der Waals surface area contributed by atoms with Crippen molar-refractivity contribution in [2.75, 3.05) is 10.2 Å². The number of nitrogens with one attached hydrogen (secondary N) is 1. The van der Waals surface area contributed by atoms with E-state index in [1.807, 2.05) is 19.1 Å². The third-order valence-corrected chi connectivity index (χ3v) is 4.50. The number of hydrogen-bond donors (Lipinski definition) is 1. The molecule has 18 heavy (non-hydrogen) atoms. The number of anilines is 2. The van der Waals surface area contributed by atoms with Gasteiger partial charge in [0, 0.05) is 10.5 Å². The van der Waals surface area contributed by atoms with Crippen molar-refractivity contribution in [3.05, 3.63) is 22.7 Å². The summed E-state index contributed by atoms with van der Waals surface area (Å²) < 4.78 is 1.06. The van der Waals surface area contributed by atoms with E-state index < -0.39 is 0 Å². The van der Waals surface area contributed by atoms with Gasteiger partial charge in [0.2, 0.25) is 5.91 Å². The first-order chi connectivity index (χ1) is 8.66. The number of hydrogen-bond acceptors (Lipinski definition) is 2. The zero-order valence-corrected chi connectivity index (χ0v) is 12.0. The van der Waals surface area contributed by atoms with Crippen molar-refractivity contribution in [3.8, 4) is 0 Å². The van der Waals surface area contributed by atoms with Crippen LogP contribution in [0, 0.1) is 0 Å². The fourth-order valence-electron chi connectivity index (χ4n) is 3.09. The molecule has 1 amide bonds. The number of fused-ring (bicyclic) bond motifs is 1. The van der Waals surface area contributed by atoms with Crippen LogP contribution in [0.15, 0.2) is 22.7 Å². The van der Waals surface area contributed by atoms with Crippen molar-refractivity contribution >= 4 is 33.2 Å². The van der Waals surface area contributed by atoms with Crippen LogP contribution < -0.4 is 10.2 Å². The van der Waals surface area contributed by atoms with Crippen LogP contribution in [0.3, 0.4) is 0 Å². The molecule has 96 valence electrons. The van der Waals surface area contributed by atoms with Crippen molar-refractivity contribution in [3.63, 3.8) is 0 Å². The van der Waals surface area contributed by atoms with Gasteiger partial charge >= 0.3 is 0 Å². The van der Waals surface area contributed by atoms with E-state index in [4.69, 9.17) is 0 Å². The highest BCUT2D eigenvalue weighted by atomic mass is 79.9. The second-order valence-corrected chi connectivity index (χ2v) is 6.09. The van der Waals surface area contributed by atoms with Gasteiger partial charge in [-0.05, 0) is 38.0 Å². The Hall–Kier alpha value is -1.03. The lowest BCUT2D eigenvalue weighted by atomic mass is 10.0. The second-order valence-electron chi connectivity index (χ2n) is 5.17. The summed E-state index contributed by atoms with van der Waals surface area (Å²) in [7, 11) is 0. The third-order valence-electron chi connectivity index (χ3n) is 4.01. The van der Waals surface area contributed by atoms with Gasteiger partial charge in [-0.15, -0.1) is 0 Å². The first-order valence-corrected chi connectivity index (χ1v) is 7.35. The standard InChI is InChI=1S/C14H17BrN2O/c1-9-14(18)16-12-7-6-10(15)8-13(12)17(9)11-4-2-3-5-11/h6-9,11H,2-5H2,1H3,(H,16,18)/t9-/m1/s1. The summed E-state index contributed by atoms with van der Waals surface area (Å²) in [5.74, 6) is 0.108. The Bertz CT molecular complexity index is 483. The summed E-state index contributed by atoms with van der Waals surface area (Å²) in [4.78, 5) is 14.4. The van der Waals surface area contributed by atoms with Crippen LogP contribution >= 0.6 is 15.9 Å². The highest BCUT2D eigenvalue weighted by Crippen LogP contribution is 2.39. The smallest absolute Gasteiger partial charge is 0.246 e. The molecule has 1 heterocycles. The lowest BCUT2D eigenvalue weighted by molar-refractivity contribution is -0.117. The molecule has 0 aromatic heterocycles. The quantitative estimate of drug-likeness (QED) is 0.860. The number of amides is 1. The summed E-state index contributed by atoms with van der Waals surface area (Å²) in [6.45, 7) is 2.00. The van der Waals surface area contributed by atoms with Gasteiger partial charge in [-0.2, -0.15) is 0 Å². The van der Waals surface area contributed by atoms with E-state index in [0.29, 0.717) is 6.04 Å². The van der Waals surface area contributed by atoms with E-state index in [0.717, 1.165) is 15.8 Å². The van der Waals surface area contributed by atoms with Gasteiger partial charge in [-0.3, -0.25) is 4.79 Å². The number of halogens is 1. The number of nitrogens with zero attached hydrogens (tertiary/aromatic N) is 1. The average Bonchev–Trinajstić information content (AvgIpc) is 2.85. The van der Waals surface area contributed by atoms with Crippen LogP contribution in [0.4, 0.5) is 11.4 Å². The van der Waals surface area contributed by atoms with E-state index in [1.54, 1.807) is 0 Å². The zero-order chi connectivity index (χ0) is 12.7. The van der Waals surface area contributed by atoms with Crippen LogP contribution in [0.5, 0.6) is 0 Å². The minimum atomic E-state index is -0.0742. The maximum Gasteiger partial charge on any atom is 0.246 e. The molecule has 0 unspecified atom stereocenters. The highest BCUT2D eigenvalue weighted by molar-refractivity contribution is 9.10. The molecular weight excluding hydrogens is 292 g/mol. The average molecular weight is 309 g/mol. The summed E-state index contributed by atoms with van der Waals surface area (Å²) in [6.07, 6.45) is 4.95. The van der Waals surface area contributed by atoms with Crippen molar-refractivity contribution in [1.82, 2.24) is 0 Å². The molecule has 0 saturated heterocycles. The maximum absolute atomic E-state index is 12.0. The van der Waals surface area contributed by atoms with E-state index in [1.165, 1.54) is 25.7 Å². The molecule has 1 fully saturated rings. The van der Waals surface area contributed by atoms with Crippen LogP contribution in [-0.2, 0) is 4.79 Å². The number of rotatable bonds is 1. The third kappa shape index (κ3) is 1.92. The van der Waals surface area contributed by atoms with Crippen molar-refractivity contribution in [1.29, 1.82) is 0 Å². The largest absolute Gasteiger partial charge is 0.355 e. The van der Waals surface area contributed by atoms with Gasteiger partial charge in [0.05, 0.1) is 11.4 Å². The van der Waals surface area contributed by atoms with Crippen LogP contribution in [-0.4, -0.2) is 18.0 Å². The Balaban J connectivity index is 2.05. The molecule has 3 rings (SSSR count). The molecule has 1 atom stereocenters. The molecule has 1 aromatic rings. The molecule has 1 N–H and O–H groups in total. The number of carbonyl (C=O) groups excluding carboxylic acids is 1. The van der Waals surface area contributed by atoms with Gasteiger partial charge in [0.1, 0.15) is 6.04 Å². The molecule has 1 aliphatic heterocycles. The maximum atomic E-state index is 12.0. The SMILES string of the molecule is C[C@@H]1C(=O)Nc2ccc(Br)cc2N1C1CCCC1. The molecule has 1 saturated carbocycles. The molecule has 0 radical (unpaired) electrons.